The van der Waals surface area contributed by atoms with E-state index in [1.165, 1.54) is 0 Å². The molecule has 1 aromatic rings. The monoisotopic (exact) mass is 315 g/mol. The number of hydrogen-bond donors (Lipinski definition) is 1. The van der Waals surface area contributed by atoms with Gasteiger partial charge in [0.2, 0.25) is 0 Å². The van der Waals surface area contributed by atoms with E-state index in [2.05, 4.69) is 0 Å². The van der Waals surface area contributed by atoms with E-state index in [0.29, 0.717) is 42.4 Å². The van der Waals surface area contributed by atoms with Crippen LogP contribution in [-0.4, -0.2) is 26.8 Å². The van der Waals surface area contributed by atoms with Crippen LogP contribution in [0.3, 0.4) is 0 Å². The van der Waals surface area contributed by atoms with Crippen molar-refractivity contribution in [2.24, 2.45) is 5.73 Å². The van der Waals surface area contributed by atoms with Crippen molar-refractivity contribution in [3.8, 4) is 11.5 Å². The number of ether oxygens (including phenoxy) is 3. The first kappa shape index (κ1) is 17.6. The molecule has 0 aliphatic carbocycles. The predicted molar refractivity (Wildman–Crippen MR) is 82.0 cm³/mol. The van der Waals surface area contributed by atoms with Gasteiger partial charge in [0.15, 0.2) is 11.5 Å². The number of benzene rings is 1. The second kappa shape index (κ2) is 8.74. The van der Waals surface area contributed by atoms with E-state index in [9.17, 15) is 4.79 Å². The second-order valence-corrected chi connectivity index (χ2v) is 4.94. The molecule has 6 heteroatoms. The molecule has 0 saturated carbocycles. The molecule has 1 aromatic carbocycles. The molecule has 2 N–H and O–H groups in total. The molecule has 0 aliphatic heterocycles. The molecule has 0 spiro atoms. The van der Waals surface area contributed by atoms with Gasteiger partial charge in [0.25, 0.3) is 0 Å². The summed E-state index contributed by atoms with van der Waals surface area (Å²) < 4.78 is 15.3. The quantitative estimate of drug-likeness (QED) is 0.746. The summed E-state index contributed by atoms with van der Waals surface area (Å²) in [7, 11) is 3.11. The SMILES string of the molecule is CCOC(=O)CCCC(N)c1cc(OC)c(OC)cc1Cl. The largest absolute Gasteiger partial charge is 0.493 e. The van der Waals surface area contributed by atoms with Gasteiger partial charge in [0, 0.05) is 23.6 Å². The highest BCUT2D eigenvalue weighted by atomic mass is 35.5. The Labute approximate surface area is 130 Å². The van der Waals surface area contributed by atoms with Crippen LogP contribution in [0.25, 0.3) is 0 Å². The Kier molecular flexibility index (Phi) is 7.32. The second-order valence-electron chi connectivity index (χ2n) is 4.53. The molecule has 0 aliphatic rings. The standard InChI is InChI=1S/C15H22ClNO4/c1-4-21-15(18)7-5-6-12(17)10-8-13(19-2)14(20-3)9-11(10)16/h8-9,12H,4-7,17H2,1-3H3. The number of nitrogens with two attached hydrogens (primary N) is 1. The lowest BCUT2D eigenvalue weighted by Gasteiger charge is -2.16. The Morgan fingerprint density at radius 3 is 2.48 bits per heavy atom. The number of methoxy groups -OCH3 is 2. The van der Waals surface area contributed by atoms with Crippen LogP contribution in [0, 0.1) is 0 Å². The molecule has 0 aromatic heterocycles. The maximum atomic E-state index is 11.3. The summed E-state index contributed by atoms with van der Waals surface area (Å²) in [5.41, 5.74) is 6.91. The number of carbonyl (C=O) groups excluding carboxylic acids is 1. The molecule has 5 nitrogen and oxygen atoms in total. The van der Waals surface area contributed by atoms with Gasteiger partial charge in [-0.15, -0.1) is 0 Å². The molecule has 0 heterocycles. The van der Waals surface area contributed by atoms with E-state index in [1.807, 2.05) is 0 Å². The first-order valence-corrected chi connectivity index (χ1v) is 7.23. The van der Waals surface area contributed by atoms with Crippen molar-refractivity contribution in [3.63, 3.8) is 0 Å². The third-order valence-electron chi connectivity index (χ3n) is 3.10. The van der Waals surface area contributed by atoms with Crippen molar-refractivity contribution >= 4 is 17.6 Å². The van der Waals surface area contributed by atoms with Crippen LogP contribution >= 0.6 is 11.6 Å². The van der Waals surface area contributed by atoms with Gasteiger partial charge in [-0.3, -0.25) is 4.79 Å². The highest BCUT2D eigenvalue weighted by molar-refractivity contribution is 6.31. The van der Waals surface area contributed by atoms with Crippen LogP contribution in [0.15, 0.2) is 12.1 Å². The summed E-state index contributed by atoms with van der Waals surface area (Å²) in [6, 6.07) is 3.18. The number of esters is 1. The van der Waals surface area contributed by atoms with E-state index in [4.69, 9.17) is 31.5 Å². The maximum absolute atomic E-state index is 11.3. The highest BCUT2D eigenvalue weighted by Gasteiger charge is 2.16. The Morgan fingerprint density at radius 2 is 1.90 bits per heavy atom. The van der Waals surface area contributed by atoms with Crippen LogP contribution in [0.1, 0.15) is 37.8 Å². The van der Waals surface area contributed by atoms with E-state index >= 15 is 0 Å². The zero-order valence-electron chi connectivity index (χ0n) is 12.6. The molecular formula is C15H22ClNO4. The van der Waals surface area contributed by atoms with Crippen molar-refractivity contribution in [2.45, 2.75) is 32.2 Å². The molecule has 21 heavy (non-hydrogen) atoms. The molecule has 0 fully saturated rings. The van der Waals surface area contributed by atoms with Gasteiger partial charge in [0.1, 0.15) is 0 Å². The average molecular weight is 316 g/mol. The van der Waals surface area contributed by atoms with Gasteiger partial charge >= 0.3 is 5.97 Å². The Hall–Kier alpha value is -1.46. The molecule has 1 unspecified atom stereocenters. The number of carbonyl (C=O) groups is 1. The van der Waals surface area contributed by atoms with Crippen LogP contribution in [0.2, 0.25) is 5.02 Å². The van der Waals surface area contributed by atoms with Crippen molar-refractivity contribution < 1.29 is 19.0 Å². The fourth-order valence-corrected chi connectivity index (χ4v) is 2.30. The minimum atomic E-state index is -0.272. The third-order valence-corrected chi connectivity index (χ3v) is 3.43. The molecule has 0 amide bonds. The summed E-state index contributed by atoms with van der Waals surface area (Å²) in [4.78, 5) is 11.3. The predicted octanol–water partition coefficient (Wildman–Crippen LogP) is 3.09. The Morgan fingerprint density at radius 1 is 1.29 bits per heavy atom. The third kappa shape index (κ3) is 5.10. The normalized spacial score (nSPS) is 11.9. The number of rotatable bonds is 8. The van der Waals surface area contributed by atoms with E-state index in [0.717, 1.165) is 5.56 Å². The lowest BCUT2D eigenvalue weighted by atomic mass is 10.0. The summed E-state index contributed by atoms with van der Waals surface area (Å²) >= 11 is 6.22. The van der Waals surface area contributed by atoms with Crippen LogP contribution in [0.5, 0.6) is 11.5 Å². The molecule has 0 radical (unpaired) electrons. The molecule has 0 saturated heterocycles. The number of hydrogen-bond acceptors (Lipinski definition) is 5. The van der Waals surface area contributed by atoms with Crippen LogP contribution in [0.4, 0.5) is 0 Å². The lowest BCUT2D eigenvalue weighted by molar-refractivity contribution is -0.143. The Bertz CT molecular complexity index is 479. The maximum Gasteiger partial charge on any atom is 0.305 e. The van der Waals surface area contributed by atoms with Crippen molar-refractivity contribution in [2.75, 3.05) is 20.8 Å². The van der Waals surface area contributed by atoms with Gasteiger partial charge in [-0.2, -0.15) is 0 Å². The van der Waals surface area contributed by atoms with Gasteiger partial charge in [-0.1, -0.05) is 11.6 Å². The zero-order chi connectivity index (χ0) is 15.8. The number of halogens is 1. The van der Waals surface area contributed by atoms with Crippen molar-refractivity contribution in [3.05, 3.63) is 22.7 Å². The minimum absolute atomic E-state index is 0.205. The smallest absolute Gasteiger partial charge is 0.305 e. The van der Waals surface area contributed by atoms with E-state index in [1.54, 1.807) is 33.3 Å². The van der Waals surface area contributed by atoms with E-state index < -0.39 is 0 Å². The van der Waals surface area contributed by atoms with E-state index in [-0.39, 0.29) is 12.0 Å². The van der Waals surface area contributed by atoms with Crippen molar-refractivity contribution in [1.82, 2.24) is 0 Å². The molecular weight excluding hydrogens is 294 g/mol. The topological polar surface area (TPSA) is 70.8 Å². The van der Waals surface area contributed by atoms with Gasteiger partial charge in [-0.25, -0.2) is 0 Å². The molecule has 1 rings (SSSR count). The fraction of sp³-hybridized carbons (Fsp3) is 0.533. The first-order chi connectivity index (χ1) is 10.0. The first-order valence-electron chi connectivity index (χ1n) is 6.86. The Balaban J connectivity index is 2.69. The fourth-order valence-electron chi connectivity index (χ4n) is 2.01. The summed E-state index contributed by atoms with van der Waals surface area (Å²) in [5, 5.41) is 0.524. The molecule has 0 bridgehead atoms. The van der Waals surface area contributed by atoms with Crippen LogP contribution in [-0.2, 0) is 9.53 Å². The summed E-state index contributed by atoms with van der Waals surface area (Å²) in [6.45, 7) is 2.18. The lowest BCUT2D eigenvalue weighted by Crippen LogP contribution is -2.12. The highest BCUT2D eigenvalue weighted by Crippen LogP contribution is 2.36. The van der Waals surface area contributed by atoms with Gasteiger partial charge in [-0.05, 0) is 31.4 Å². The zero-order valence-corrected chi connectivity index (χ0v) is 13.4. The van der Waals surface area contributed by atoms with Gasteiger partial charge in [0.05, 0.1) is 20.8 Å². The van der Waals surface area contributed by atoms with Crippen molar-refractivity contribution in [1.29, 1.82) is 0 Å². The van der Waals surface area contributed by atoms with Gasteiger partial charge < -0.3 is 19.9 Å². The van der Waals surface area contributed by atoms with Crippen LogP contribution < -0.4 is 15.2 Å². The summed E-state index contributed by atoms with van der Waals surface area (Å²) in [5.74, 6) is 0.936. The molecule has 1 atom stereocenters. The minimum Gasteiger partial charge on any atom is -0.493 e. The summed E-state index contributed by atoms with van der Waals surface area (Å²) in [6.07, 6.45) is 1.63. The average Bonchev–Trinajstić information content (AvgIpc) is 2.46. The molecule has 118 valence electrons.